The van der Waals surface area contributed by atoms with Gasteiger partial charge in [0.25, 0.3) is 21.8 Å². The van der Waals surface area contributed by atoms with Crippen molar-refractivity contribution in [2.24, 2.45) is 5.10 Å². The molecule has 0 spiro atoms. The number of hydrogen-bond acceptors (Lipinski definition) is 6. The molecular weight excluding hydrogens is 528 g/mol. The average molecular weight is 563 g/mol. The second-order valence-electron chi connectivity index (χ2n) is 9.71. The number of nitrogens with zero attached hydrogens (tertiary/aromatic N) is 3. The van der Waals surface area contributed by atoms with Gasteiger partial charge in [0.05, 0.1) is 16.8 Å². The summed E-state index contributed by atoms with van der Waals surface area (Å²) in [6.07, 6.45) is 4.67. The summed E-state index contributed by atoms with van der Waals surface area (Å²) in [5, 5.41) is 4.00. The number of benzene rings is 3. The molecule has 210 valence electrons. The summed E-state index contributed by atoms with van der Waals surface area (Å²) in [6.45, 7) is 4.83. The first-order valence-corrected chi connectivity index (χ1v) is 14.7. The monoisotopic (exact) mass is 562 g/mol. The molecule has 4 rings (SSSR count). The van der Waals surface area contributed by atoms with Crippen molar-refractivity contribution in [3.8, 4) is 5.75 Å². The first-order chi connectivity index (χ1) is 19.2. The van der Waals surface area contributed by atoms with E-state index in [4.69, 9.17) is 4.74 Å². The van der Waals surface area contributed by atoms with Gasteiger partial charge in [0.2, 0.25) is 0 Å². The summed E-state index contributed by atoms with van der Waals surface area (Å²) in [5.41, 5.74) is 5.25. The zero-order valence-electron chi connectivity index (χ0n) is 22.7. The summed E-state index contributed by atoms with van der Waals surface area (Å²) >= 11 is 0. The summed E-state index contributed by atoms with van der Waals surface area (Å²) in [6, 6.07) is 20.3. The van der Waals surface area contributed by atoms with Gasteiger partial charge in [-0.1, -0.05) is 35.9 Å². The van der Waals surface area contributed by atoms with E-state index >= 15 is 0 Å². The number of nitrogens with one attached hydrogen (secondary N) is 1. The van der Waals surface area contributed by atoms with Crippen molar-refractivity contribution >= 4 is 33.7 Å². The lowest BCUT2D eigenvalue weighted by atomic mass is 10.1. The molecule has 2 amide bonds. The van der Waals surface area contributed by atoms with Crippen molar-refractivity contribution in [2.45, 2.75) is 38.0 Å². The Morgan fingerprint density at radius 2 is 1.68 bits per heavy atom. The molecule has 1 fully saturated rings. The number of sulfonamides is 1. The number of carbonyl (C=O) groups excluding carboxylic acids is 2. The molecule has 3 aromatic rings. The fourth-order valence-corrected chi connectivity index (χ4v) is 5.99. The number of hydrazone groups is 1. The van der Waals surface area contributed by atoms with Gasteiger partial charge in [0, 0.05) is 13.1 Å². The molecule has 3 aromatic carbocycles. The fourth-order valence-electron chi connectivity index (χ4n) is 4.48. The van der Waals surface area contributed by atoms with Crippen LogP contribution >= 0.6 is 0 Å². The van der Waals surface area contributed by atoms with Crippen molar-refractivity contribution in [1.82, 2.24) is 10.3 Å². The molecule has 0 radical (unpaired) electrons. The first-order valence-electron chi connectivity index (χ1n) is 13.2. The van der Waals surface area contributed by atoms with E-state index in [9.17, 15) is 18.0 Å². The number of amides is 2. The molecule has 1 aliphatic rings. The molecule has 9 nitrogen and oxygen atoms in total. The van der Waals surface area contributed by atoms with Gasteiger partial charge in [-0.25, -0.2) is 13.8 Å². The maximum atomic E-state index is 13.5. The van der Waals surface area contributed by atoms with E-state index in [1.807, 2.05) is 30.9 Å². The lowest BCUT2D eigenvalue weighted by Gasteiger charge is -2.26. The van der Waals surface area contributed by atoms with Gasteiger partial charge < -0.3 is 9.64 Å². The molecule has 40 heavy (non-hydrogen) atoms. The Balaban J connectivity index is 1.38. The molecule has 0 bridgehead atoms. The summed E-state index contributed by atoms with van der Waals surface area (Å²) < 4.78 is 33.7. The van der Waals surface area contributed by atoms with Gasteiger partial charge in [0.1, 0.15) is 12.3 Å². The van der Waals surface area contributed by atoms with E-state index in [0.29, 0.717) is 17.0 Å². The highest BCUT2D eigenvalue weighted by Gasteiger charge is 2.28. The molecule has 0 saturated carbocycles. The van der Waals surface area contributed by atoms with Gasteiger partial charge in [0.15, 0.2) is 6.61 Å². The number of aryl methyl sites for hydroxylation is 2. The Bertz CT molecular complexity index is 1450. The van der Waals surface area contributed by atoms with E-state index < -0.39 is 22.5 Å². The lowest BCUT2D eigenvalue weighted by Crippen LogP contribution is -2.40. The molecule has 1 N–H and O–H groups in total. The Hall–Kier alpha value is -4.18. The zero-order valence-corrected chi connectivity index (χ0v) is 23.6. The molecule has 10 heteroatoms. The highest BCUT2D eigenvalue weighted by atomic mass is 32.2. The van der Waals surface area contributed by atoms with Crippen molar-refractivity contribution in [1.29, 1.82) is 0 Å². The highest BCUT2D eigenvalue weighted by molar-refractivity contribution is 7.92. The predicted octanol–water partition coefficient (Wildman–Crippen LogP) is 4.04. The van der Waals surface area contributed by atoms with Crippen LogP contribution in [0.3, 0.4) is 0 Å². The molecule has 1 aliphatic heterocycles. The van der Waals surface area contributed by atoms with E-state index in [1.165, 1.54) is 18.3 Å². The Kier molecular flexibility index (Phi) is 9.55. The number of ether oxygens (including phenoxy) is 1. The number of piperidine rings is 1. The minimum absolute atomic E-state index is 0.00760. The fraction of sp³-hybridized carbons (Fsp3) is 0.300. The number of rotatable bonds is 10. The molecule has 1 saturated heterocycles. The number of carbonyl (C=O) groups is 2. The highest BCUT2D eigenvalue weighted by Crippen LogP contribution is 2.27. The molecular formula is C30H34N4O5S. The van der Waals surface area contributed by atoms with Crippen molar-refractivity contribution in [3.05, 3.63) is 89.5 Å². The number of likely N-dealkylation sites (tertiary alicyclic amines) is 1. The lowest BCUT2D eigenvalue weighted by molar-refractivity contribution is -0.134. The standard InChI is InChI=1S/C30H34N4O5S/c1-23-11-16-28(24(2)19-23)34(40(37,38)27-9-5-3-6-10-27)21-29(35)32-31-20-25-12-14-26(15-13-25)39-22-30(36)33-17-7-4-8-18-33/h3,5-6,9-16,19-20H,4,7-8,17-18,21-22H2,1-2H3,(H,32,35)/b31-20+. The smallest absolute Gasteiger partial charge is 0.264 e. The molecule has 1 heterocycles. The average Bonchev–Trinajstić information content (AvgIpc) is 2.96. The normalized spacial score (nSPS) is 13.7. The van der Waals surface area contributed by atoms with Gasteiger partial charge in [-0.05, 0) is 86.7 Å². The quantitative estimate of drug-likeness (QED) is 0.296. The van der Waals surface area contributed by atoms with Crippen LogP contribution in [0.15, 0.2) is 82.8 Å². The van der Waals surface area contributed by atoms with Crippen LogP contribution in [0.4, 0.5) is 5.69 Å². The van der Waals surface area contributed by atoms with Crippen molar-refractivity contribution in [2.75, 3.05) is 30.5 Å². The second-order valence-corrected chi connectivity index (χ2v) is 11.6. The summed E-state index contributed by atoms with van der Waals surface area (Å²) in [5.74, 6) is -0.0501. The third kappa shape index (κ3) is 7.47. The maximum absolute atomic E-state index is 13.5. The number of hydrogen-bond donors (Lipinski definition) is 1. The van der Waals surface area contributed by atoms with Crippen LogP contribution in [-0.2, 0) is 19.6 Å². The molecule has 0 unspecified atom stereocenters. The van der Waals surface area contributed by atoms with Crippen molar-refractivity contribution in [3.63, 3.8) is 0 Å². The van der Waals surface area contributed by atoms with Crippen LogP contribution < -0.4 is 14.5 Å². The third-order valence-electron chi connectivity index (χ3n) is 6.59. The Morgan fingerprint density at radius 1 is 0.975 bits per heavy atom. The minimum atomic E-state index is -4.01. The van der Waals surface area contributed by atoms with E-state index in [1.54, 1.807) is 48.5 Å². The Labute approximate surface area is 235 Å². The van der Waals surface area contributed by atoms with Crippen LogP contribution in [0, 0.1) is 13.8 Å². The minimum Gasteiger partial charge on any atom is -0.484 e. The molecule has 0 aliphatic carbocycles. The van der Waals surface area contributed by atoms with Crippen LogP contribution in [-0.4, -0.2) is 57.6 Å². The van der Waals surface area contributed by atoms with Crippen LogP contribution in [0.2, 0.25) is 0 Å². The van der Waals surface area contributed by atoms with Crippen LogP contribution in [0.1, 0.15) is 36.0 Å². The molecule has 0 atom stereocenters. The van der Waals surface area contributed by atoms with E-state index in [2.05, 4.69) is 10.5 Å². The van der Waals surface area contributed by atoms with Crippen LogP contribution in [0.25, 0.3) is 0 Å². The molecule has 0 aromatic heterocycles. The predicted molar refractivity (Wildman–Crippen MR) is 155 cm³/mol. The van der Waals surface area contributed by atoms with Gasteiger partial charge in [-0.15, -0.1) is 0 Å². The topological polar surface area (TPSA) is 108 Å². The van der Waals surface area contributed by atoms with Crippen LogP contribution in [0.5, 0.6) is 5.75 Å². The first kappa shape index (κ1) is 28.8. The van der Waals surface area contributed by atoms with Crippen molar-refractivity contribution < 1.29 is 22.7 Å². The summed E-state index contributed by atoms with van der Waals surface area (Å²) in [7, 11) is -4.01. The van der Waals surface area contributed by atoms with Gasteiger partial charge in [-0.3, -0.25) is 13.9 Å². The maximum Gasteiger partial charge on any atom is 0.264 e. The number of anilines is 1. The van der Waals surface area contributed by atoms with Gasteiger partial charge >= 0.3 is 0 Å². The largest absolute Gasteiger partial charge is 0.484 e. The van der Waals surface area contributed by atoms with Gasteiger partial charge in [-0.2, -0.15) is 5.10 Å². The SMILES string of the molecule is Cc1ccc(N(CC(=O)N/N=C/c2ccc(OCC(=O)N3CCCCC3)cc2)S(=O)(=O)c2ccccc2)c(C)c1. The zero-order chi connectivity index (χ0) is 28.5. The van der Waals surface area contributed by atoms with E-state index in [-0.39, 0.29) is 17.4 Å². The second kappa shape index (κ2) is 13.3. The third-order valence-corrected chi connectivity index (χ3v) is 8.37. The Morgan fingerprint density at radius 3 is 2.35 bits per heavy atom. The van der Waals surface area contributed by atoms with E-state index in [0.717, 1.165) is 47.8 Å². The summed E-state index contributed by atoms with van der Waals surface area (Å²) in [4.78, 5) is 27.0.